The van der Waals surface area contributed by atoms with E-state index in [1.54, 1.807) is 48.7 Å². The number of carbonyl (C=O) groups excluding carboxylic acids is 11. The fraction of sp³-hybridized carbons (Fsp3) is 0.841. The zero-order valence-corrected chi connectivity index (χ0v) is 62.7. The number of nitrogens with one attached hydrogen (secondary N) is 4. The standard InChI is InChI=1S/C69H127N13O13/c1-26-45(13)58(83)57-62(87)72-50(27-2)65(90)74(18)49(17)64(89)79(23)56(46(14)30-31-81-32-34-82(35-33-81)36-37-95-25)61(86)73-54(43(9)10)68(93)75(19)51(29-28-40(3)4)60(85)70-47(15)59(84)71-48(16)63(88)76(20)52(38-41(5)6)66(91)77(21)53(39-42(7)8)67(92)78(22)55(44(11)12)69(94)80(57)24/h40-58,83H,26-39H2,1-25H3,(H,70,85)(H,71,84)(H,72,87)(H,73,86)/t45-,46-,47+,48-,49-,50+,51+,52+,53+,54+,55+,56+,57+,58-/m1/s1. The minimum Gasteiger partial charge on any atom is -0.390 e. The van der Waals surface area contributed by atoms with Crippen LogP contribution in [-0.4, -0.2) is 289 Å². The van der Waals surface area contributed by atoms with Gasteiger partial charge in [0.2, 0.25) is 65.0 Å². The van der Waals surface area contributed by atoms with Crippen LogP contribution in [0.4, 0.5) is 0 Å². The second-order valence-electron chi connectivity index (χ2n) is 29.2. The van der Waals surface area contributed by atoms with Gasteiger partial charge in [0.05, 0.1) is 12.7 Å². The number of hydrogen-bond donors (Lipinski definition) is 5. The van der Waals surface area contributed by atoms with Crippen molar-refractivity contribution < 1.29 is 62.6 Å². The number of rotatable bonds is 20. The van der Waals surface area contributed by atoms with E-state index in [0.29, 0.717) is 32.4 Å². The molecule has 0 saturated carbocycles. The molecule has 0 aliphatic carbocycles. The molecule has 5 N–H and O–H groups in total. The van der Waals surface area contributed by atoms with Gasteiger partial charge in [-0.25, -0.2) is 0 Å². The van der Waals surface area contributed by atoms with E-state index in [-0.39, 0.29) is 43.4 Å². The third kappa shape index (κ3) is 23.6. The van der Waals surface area contributed by atoms with Crippen LogP contribution in [-0.2, 0) is 57.5 Å². The van der Waals surface area contributed by atoms with Gasteiger partial charge in [0.15, 0.2) is 0 Å². The number of methoxy groups -OCH3 is 1. The highest BCUT2D eigenvalue weighted by molar-refractivity contribution is 6.00. The van der Waals surface area contributed by atoms with E-state index in [1.807, 2.05) is 55.4 Å². The van der Waals surface area contributed by atoms with Crippen molar-refractivity contribution in [3.63, 3.8) is 0 Å². The van der Waals surface area contributed by atoms with Crippen LogP contribution in [0.1, 0.15) is 163 Å². The number of piperazine rings is 1. The molecule has 546 valence electrons. The summed E-state index contributed by atoms with van der Waals surface area (Å²) in [5.41, 5.74) is 0. The van der Waals surface area contributed by atoms with E-state index in [1.165, 1.54) is 99.5 Å². The van der Waals surface area contributed by atoms with Crippen LogP contribution in [0.25, 0.3) is 0 Å². The maximum absolute atomic E-state index is 15.2. The second-order valence-corrected chi connectivity index (χ2v) is 29.2. The summed E-state index contributed by atoms with van der Waals surface area (Å²) in [4.78, 5) is 177. The van der Waals surface area contributed by atoms with Crippen LogP contribution in [0.2, 0.25) is 0 Å². The maximum atomic E-state index is 15.2. The average molecular weight is 1350 g/mol. The first kappa shape index (κ1) is 85.1. The zero-order chi connectivity index (χ0) is 73.0. The minimum atomic E-state index is -1.60. The molecule has 0 aromatic heterocycles. The molecule has 2 aliphatic rings. The van der Waals surface area contributed by atoms with Crippen molar-refractivity contribution in [3.05, 3.63) is 0 Å². The van der Waals surface area contributed by atoms with Gasteiger partial charge in [-0.2, -0.15) is 0 Å². The van der Waals surface area contributed by atoms with Crippen molar-refractivity contribution in [1.29, 1.82) is 0 Å². The number of likely N-dealkylation sites (N-methyl/N-ethyl adjacent to an activating group) is 7. The third-order valence-corrected chi connectivity index (χ3v) is 19.5. The molecule has 0 unspecified atom stereocenters. The lowest BCUT2D eigenvalue weighted by Gasteiger charge is -2.41. The topological polar surface area (TPSA) is 295 Å². The first-order valence-corrected chi connectivity index (χ1v) is 34.8. The zero-order valence-electron chi connectivity index (χ0n) is 62.7. The number of aliphatic hydroxyl groups is 1. The Hall–Kier alpha value is -5.99. The van der Waals surface area contributed by atoms with E-state index in [4.69, 9.17) is 4.74 Å². The quantitative estimate of drug-likeness (QED) is 0.117. The molecule has 2 fully saturated rings. The normalized spacial score (nSPS) is 27.7. The number of carbonyl (C=O) groups is 11. The van der Waals surface area contributed by atoms with Crippen molar-refractivity contribution in [3.8, 4) is 0 Å². The molecular weight excluding hydrogens is 1220 g/mol. The molecule has 26 heteroatoms. The van der Waals surface area contributed by atoms with Gasteiger partial charge in [0.1, 0.15) is 66.5 Å². The van der Waals surface area contributed by atoms with E-state index in [9.17, 15) is 29.1 Å². The van der Waals surface area contributed by atoms with Gasteiger partial charge >= 0.3 is 0 Å². The van der Waals surface area contributed by atoms with Crippen molar-refractivity contribution in [2.45, 2.75) is 235 Å². The molecule has 26 nitrogen and oxygen atoms in total. The fourth-order valence-electron chi connectivity index (χ4n) is 12.7. The smallest absolute Gasteiger partial charge is 0.246 e. The Morgan fingerprint density at radius 3 is 1.39 bits per heavy atom. The highest BCUT2D eigenvalue weighted by Crippen LogP contribution is 2.26. The molecule has 2 rings (SSSR count). The highest BCUT2D eigenvalue weighted by atomic mass is 16.5. The summed E-state index contributed by atoms with van der Waals surface area (Å²) in [5.74, 6) is -9.79. The van der Waals surface area contributed by atoms with Crippen LogP contribution in [0.3, 0.4) is 0 Å². The number of hydrogen-bond acceptors (Lipinski definition) is 15. The van der Waals surface area contributed by atoms with Crippen molar-refractivity contribution >= 4 is 65.0 Å². The van der Waals surface area contributed by atoms with Gasteiger partial charge < -0.3 is 70.3 Å². The molecule has 0 aromatic rings. The molecule has 14 atom stereocenters. The highest BCUT2D eigenvalue weighted by Gasteiger charge is 2.46. The van der Waals surface area contributed by atoms with Gasteiger partial charge in [-0.1, -0.05) is 103 Å². The predicted octanol–water partition coefficient (Wildman–Crippen LogP) is 2.74. The molecule has 0 radical (unpaired) electrons. The summed E-state index contributed by atoms with van der Waals surface area (Å²) in [7, 11) is 11.7. The lowest BCUT2D eigenvalue weighted by atomic mass is 9.92. The number of amides is 11. The van der Waals surface area contributed by atoms with E-state index in [2.05, 4.69) is 31.1 Å². The Morgan fingerprint density at radius 2 is 0.916 bits per heavy atom. The molecule has 2 aliphatic heterocycles. The number of nitrogens with zero attached hydrogens (tertiary/aromatic N) is 9. The fourth-order valence-corrected chi connectivity index (χ4v) is 12.7. The van der Waals surface area contributed by atoms with Crippen LogP contribution in [0.15, 0.2) is 0 Å². The summed E-state index contributed by atoms with van der Waals surface area (Å²) in [6, 6.07) is -13.7. The Morgan fingerprint density at radius 1 is 0.453 bits per heavy atom. The summed E-state index contributed by atoms with van der Waals surface area (Å²) in [5, 5.41) is 23.3. The van der Waals surface area contributed by atoms with Crippen LogP contribution in [0, 0.1) is 41.4 Å². The molecule has 2 saturated heterocycles. The van der Waals surface area contributed by atoms with Gasteiger partial charge in [-0.3, -0.25) is 57.6 Å². The van der Waals surface area contributed by atoms with Gasteiger partial charge in [-0.15, -0.1) is 0 Å². The summed E-state index contributed by atoms with van der Waals surface area (Å²) in [6.07, 6.45) is 0.354. The number of ether oxygens (including phenoxy) is 1. The first-order valence-electron chi connectivity index (χ1n) is 34.8. The van der Waals surface area contributed by atoms with Crippen LogP contribution >= 0.6 is 0 Å². The van der Waals surface area contributed by atoms with Crippen LogP contribution in [0.5, 0.6) is 0 Å². The van der Waals surface area contributed by atoms with E-state index < -0.39 is 161 Å². The van der Waals surface area contributed by atoms with E-state index >= 15 is 28.8 Å². The van der Waals surface area contributed by atoms with Crippen molar-refractivity contribution in [2.24, 2.45) is 41.4 Å². The maximum Gasteiger partial charge on any atom is 0.246 e. The van der Waals surface area contributed by atoms with Gasteiger partial charge in [0, 0.05) is 89.2 Å². The van der Waals surface area contributed by atoms with Gasteiger partial charge in [-0.05, 0) is 107 Å². The Balaban J connectivity index is 3.01. The van der Waals surface area contributed by atoms with Gasteiger partial charge in [0.25, 0.3) is 0 Å². The lowest BCUT2D eigenvalue weighted by molar-refractivity contribution is -0.157. The minimum absolute atomic E-state index is 0.0155. The first-order chi connectivity index (χ1) is 44.1. The molecule has 0 aromatic carbocycles. The molecular formula is C69H127N13O13. The Labute approximate surface area is 569 Å². The number of aliphatic hydroxyl groups excluding tert-OH is 1. The summed E-state index contributed by atoms with van der Waals surface area (Å²) in [6.45, 7) is 35.0. The monoisotopic (exact) mass is 1350 g/mol. The van der Waals surface area contributed by atoms with E-state index in [0.717, 1.165) is 37.6 Å². The van der Waals surface area contributed by atoms with Crippen molar-refractivity contribution in [1.82, 2.24) is 65.4 Å². The summed E-state index contributed by atoms with van der Waals surface area (Å²) < 4.78 is 5.30. The van der Waals surface area contributed by atoms with Crippen molar-refractivity contribution in [2.75, 3.05) is 102 Å². The predicted molar refractivity (Wildman–Crippen MR) is 368 cm³/mol. The second kappa shape index (κ2) is 39.4. The SMILES string of the molecule is CC[C@@H]1NC(=O)[C@H]([C@H](O)[C@H](C)CC)N(C)C(=O)[C@H](C(C)C)N(C)C(=O)[C@H](CC(C)C)N(C)C(=O)[C@H](CC(C)C)N(C)C(=O)[C@@H](C)NC(=O)[C@H](C)NC(=O)[C@H](CCC(C)C)N(C)C(=O)[C@H](C(C)C)NC(=O)[C@H]([C@H](C)CCN2CCN(CCOC)CC2)N(C)C(=O)[C@@H](C)N(C)C1=O. The molecule has 11 amide bonds. The Bertz CT molecular complexity index is 2550. The largest absolute Gasteiger partial charge is 0.390 e. The van der Waals surface area contributed by atoms with Crippen LogP contribution < -0.4 is 21.3 Å². The lowest BCUT2D eigenvalue weighted by Crippen LogP contribution is -2.64. The third-order valence-electron chi connectivity index (χ3n) is 19.5. The molecule has 0 spiro atoms. The molecule has 95 heavy (non-hydrogen) atoms. The molecule has 0 bridgehead atoms. The Kier molecular flexibility index (Phi) is 35.3. The molecule has 2 heterocycles. The average Bonchev–Trinajstić information content (AvgIpc) is 0.818. The summed E-state index contributed by atoms with van der Waals surface area (Å²) >= 11 is 0.